The first-order valence-corrected chi connectivity index (χ1v) is 5.79. The predicted molar refractivity (Wildman–Crippen MR) is 57.7 cm³/mol. The van der Waals surface area contributed by atoms with Crippen molar-refractivity contribution in [2.45, 2.75) is 30.5 Å². The molecule has 0 heterocycles. The van der Waals surface area contributed by atoms with Crippen molar-refractivity contribution in [3.63, 3.8) is 0 Å². The fourth-order valence-electron chi connectivity index (χ4n) is 0.919. The summed E-state index contributed by atoms with van der Waals surface area (Å²) in [6.07, 6.45) is -13.1. The zero-order valence-electron chi connectivity index (χ0n) is 11.7. The maximum absolute atomic E-state index is 12.8. The third kappa shape index (κ3) is 5.49. The van der Waals surface area contributed by atoms with Crippen LogP contribution >= 0.6 is 0 Å². The van der Waals surface area contributed by atoms with Crippen molar-refractivity contribution in [2.75, 3.05) is 13.3 Å². The van der Waals surface area contributed by atoms with Gasteiger partial charge in [-0.05, 0) is 0 Å². The number of ether oxygens (including phenoxy) is 2. The van der Waals surface area contributed by atoms with Crippen LogP contribution in [0.5, 0.6) is 0 Å². The number of hydrogen-bond donors (Lipinski definition) is 0. The molecule has 0 atom stereocenters. The van der Waals surface area contributed by atoms with E-state index < -0.39 is 61.3 Å². The number of alkyl halides is 10. The SMILES string of the molecule is C=C(CC(=O)OC(F)(F)C(F)(F)CF)C(=O)OC(F)(F)C(F)(F)CF. The van der Waals surface area contributed by atoms with Crippen molar-refractivity contribution < 1.29 is 63.0 Å². The van der Waals surface area contributed by atoms with Gasteiger partial charge in [-0.3, -0.25) is 4.79 Å². The quantitative estimate of drug-likeness (QED) is 0.342. The standard InChI is InChI=1S/C11H8F10O4/c1-5(7(23)25-11(20,21)9(16,17)4-13)2-6(22)24-10(18,19)8(14,15)3-12/h1-4H2. The normalized spacial score (nSPS) is 13.4. The van der Waals surface area contributed by atoms with Crippen molar-refractivity contribution in [1.29, 1.82) is 0 Å². The summed E-state index contributed by atoms with van der Waals surface area (Å²) in [7, 11) is 0. The molecular weight excluding hydrogens is 386 g/mol. The summed E-state index contributed by atoms with van der Waals surface area (Å²) in [5, 5.41) is 0. The van der Waals surface area contributed by atoms with E-state index in [4.69, 9.17) is 0 Å². The van der Waals surface area contributed by atoms with Crippen LogP contribution in [0.1, 0.15) is 6.42 Å². The van der Waals surface area contributed by atoms with Gasteiger partial charge >= 0.3 is 36.0 Å². The largest absolute Gasteiger partial charge is 0.469 e. The van der Waals surface area contributed by atoms with Gasteiger partial charge in [0, 0.05) is 5.57 Å². The fourth-order valence-corrected chi connectivity index (χ4v) is 0.919. The number of halogens is 10. The highest BCUT2D eigenvalue weighted by Gasteiger charge is 2.62. The number of carbonyl (C=O) groups is 2. The highest BCUT2D eigenvalue weighted by Crippen LogP contribution is 2.37. The first kappa shape index (κ1) is 23.0. The van der Waals surface area contributed by atoms with Crippen LogP contribution in [-0.2, 0) is 19.1 Å². The summed E-state index contributed by atoms with van der Waals surface area (Å²) < 4.78 is 130. The van der Waals surface area contributed by atoms with E-state index in [2.05, 4.69) is 16.1 Å². The first-order chi connectivity index (χ1) is 11.0. The molecule has 14 heteroatoms. The average molecular weight is 394 g/mol. The molecule has 0 amide bonds. The molecule has 0 radical (unpaired) electrons. The Morgan fingerprint density at radius 2 is 1.12 bits per heavy atom. The minimum atomic E-state index is -5.68. The van der Waals surface area contributed by atoms with Crippen molar-refractivity contribution >= 4 is 11.9 Å². The Morgan fingerprint density at radius 1 is 0.760 bits per heavy atom. The molecule has 0 N–H and O–H groups in total. The monoisotopic (exact) mass is 394 g/mol. The van der Waals surface area contributed by atoms with E-state index in [1.807, 2.05) is 0 Å². The maximum atomic E-state index is 12.8. The zero-order valence-corrected chi connectivity index (χ0v) is 11.7. The van der Waals surface area contributed by atoms with Gasteiger partial charge < -0.3 is 9.47 Å². The van der Waals surface area contributed by atoms with Crippen molar-refractivity contribution in [3.8, 4) is 0 Å². The van der Waals surface area contributed by atoms with Gasteiger partial charge in [0.2, 0.25) is 0 Å². The Kier molecular flexibility index (Phi) is 6.87. The van der Waals surface area contributed by atoms with Gasteiger partial charge in [0.05, 0.1) is 6.42 Å². The van der Waals surface area contributed by atoms with Gasteiger partial charge in [-0.2, -0.15) is 35.1 Å². The summed E-state index contributed by atoms with van der Waals surface area (Å²) >= 11 is 0. The van der Waals surface area contributed by atoms with Crippen LogP contribution in [0.25, 0.3) is 0 Å². The molecule has 4 nitrogen and oxygen atoms in total. The lowest BCUT2D eigenvalue weighted by atomic mass is 10.2. The van der Waals surface area contributed by atoms with Crippen molar-refractivity contribution in [2.24, 2.45) is 0 Å². The van der Waals surface area contributed by atoms with Crippen LogP contribution in [0.15, 0.2) is 12.2 Å². The molecule has 25 heavy (non-hydrogen) atoms. The highest BCUT2D eigenvalue weighted by atomic mass is 19.3. The third-order valence-corrected chi connectivity index (χ3v) is 2.30. The Morgan fingerprint density at radius 3 is 1.48 bits per heavy atom. The molecule has 0 aliphatic heterocycles. The first-order valence-electron chi connectivity index (χ1n) is 5.79. The highest BCUT2D eigenvalue weighted by molar-refractivity contribution is 5.93. The fraction of sp³-hybridized carbons (Fsp3) is 0.636. The van der Waals surface area contributed by atoms with Crippen LogP contribution in [-0.4, -0.2) is 49.4 Å². The molecule has 0 rings (SSSR count). The summed E-state index contributed by atoms with van der Waals surface area (Å²) in [5.74, 6) is -15.7. The Balaban J connectivity index is 4.90. The van der Waals surface area contributed by atoms with E-state index in [9.17, 15) is 53.5 Å². The molecular formula is C11H8F10O4. The number of rotatable bonds is 9. The van der Waals surface area contributed by atoms with Gasteiger partial charge in [0.1, 0.15) is 0 Å². The van der Waals surface area contributed by atoms with E-state index in [1.165, 1.54) is 0 Å². The molecule has 0 aliphatic rings. The summed E-state index contributed by atoms with van der Waals surface area (Å²) in [6, 6.07) is 0. The van der Waals surface area contributed by atoms with E-state index in [1.54, 1.807) is 0 Å². The van der Waals surface area contributed by atoms with Crippen LogP contribution in [0.4, 0.5) is 43.9 Å². The maximum Gasteiger partial charge on any atom is 0.469 e. The molecule has 146 valence electrons. The lowest BCUT2D eigenvalue weighted by Crippen LogP contribution is -2.46. The zero-order chi connectivity index (χ0) is 20.3. The van der Waals surface area contributed by atoms with E-state index in [-0.39, 0.29) is 0 Å². The van der Waals surface area contributed by atoms with Gasteiger partial charge in [-0.1, -0.05) is 6.58 Å². The topological polar surface area (TPSA) is 52.6 Å². The summed E-state index contributed by atoms with van der Waals surface area (Å²) in [4.78, 5) is 21.9. The number of hydrogen-bond acceptors (Lipinski definition) is 4. The van der Waals surface area contributed by atoms with Crippen LogP contribution in [0.2, 0.25) is 0 Å². The third-order valence-electron chi connectivity index (χ3n) is 2.30. The van der Waals surface area contributed by atoms with Crippen LogP contribution < -0.4 is 0 Å². The summed E-state index contributed by atoms with van der Waals surface area (Å²) in [5.41, 5.74) is -1.49. The van der Waals surface area contributed by atoms with E-state index in [0.717, 1.165) is 0 Å². The Bertz CT molecular complexity index is 531. The molecule has 0 saturated carbocycles. The summed E-state index contributed by atoms with van der Waals surface area (Å²) in [6.45, 7) is -3.32. The smallest absolute Gasteiger partial charge is 0.396 e. The Hall–Kier alpha value is -2.02. The van der Waals surface area contributed by atoms with Gasteiger partial charge in [-0.25, -0.2) is 13.6 Å². The molecule has 0 aliphatic carbocycles. The second-order valence-corrected chi connectivity index (χ2v) is 4.35. The molecule has 0 aromatic rings. The molecule has 0 bridgehead atoms. The van der Waals surface area contributed by atoms with E-state index >= 15 is 0 Å². The average Bonchev–Trinajstić information content (AvgIpc) is 2.45. The minimum Gasteiger partial charge on any atom is -0.396 e. The Labute approximate surface area is 132 Å². The van der Waals surface area contributed by atoms with Gasteiger partial charge in [-0.15, -0.1) is 0 Å². The second-order valence-electron chi connectivity index (χ2n) is 4.35. The van der Waals surface area contributed by atoms with Gasteiger partial charge in [0.25, 0.3) is 0 Å². The second kappa shape index (κ2) is 7.47. The van der Waals surface area contributed by atoms with Crippen molar-refractivity contribution in [3.05, 3.63) is 12.2 Å². The minimum absolute atomic E-state index is 1.49. The predicted octanol–water partition coefficient (Wildman–Crippen LogP) is 3.41. The lowest BCUT2D eigenvalue weighted by Gasteiger charge is -2.24. The lowest BCUT2D eigenvalue weighted by molar-refractivity contribution is -0.334. The number of carbonyl (C=O) groups excluding carboxylic acids is 2. The van der Waals surface area contributed by atoms with Crippen molar-refractivity contribution in [1.82, 2.24) is 0 Å². The van der Waals surface area contributed by atoms with Gasteiger partial charge in [0.15, 0.2) is 13.3 Å². The van der Waals surface area contributed by atoms with Crippen LogP contribution in [0.3, 0.4) is 0 Å². The number of esters is 2. The molecule has 0 spiro atoms. The van der Waals surface area contributed by atoms with Crippen LogP contribution in [0, 0.1) is 0 Å². The molecule has 0 aromatic carbocycles. The molecule has 0 unspecified atom stereocenters. The molecule has 0 saturated heterocycles. The molecule has 0 aromatic heterocycles. The molecule has 0 fully saturated rings. The van der Waals surface area contributed by atoms with E-state index in [0.29, 0.717) is 0 Å².